The molecule has 0 bridgehead atoms. The van der Waals surface area contributed by atoms with Gasteiger partial charge in [0.1, 0.15) is 5.75 Å². The van der Waals surface area contributed by atoms with Crippen molar-refractivity contribution in [3.63, 3.8) is 0 Å². The van der Waals surface area contributed by atoms with Crippen LogP contribution < -0.4 is 19.6 Å². The van der Waals surface area contributed by atoms with Crippen molar-refractivity contribution < 1.29 is 23.8 Å². The highest BCUT2D eigenvalue weighted by atomic mass is 16.5. The molecular formula is C28H38N2O5. The molecule has 0 aliphatic rings. The molecule has 1 N–H and O–H groups in total. The Kier molecular flexibility index (Phi) is 13.0. The van der Waals surface area contributed by atoms with Gasteiger partial charge in [-0.3, -0.25) is 4.79 Å². The van der Waals surface area contributed by atoms with Gasteiger partial charge in [-0.2, -0.15) is 5.10 Å². The van der Waals surface area contributed by atoms with Crippen LogP contribution in [0.3, 0.4) is 0 Å². The maximum Gasteiger partial charge on any atom is 0.343 e. The molecule has 0 fully saturated rings. The number of methoxy groups -OCH3 is 2. The van der Waals surface area contributed by atoms with Crippen LogP contribution in [0.1, 0.15) is 87.1 Å². The third-order valence-corrected chi connectivity index (χ3v) is 5.62. The van der Waals surface area contributed by atoms with Crippen molar-refractivity contribution in [3.8, 4) is 17.2 Å². The molecule has 0 saturated heterocycles. The summed E-state index contributed by atoms with van der Waals surface area (Å²) in [5.41, 5.74) is 3.69. The van der Waals surface area contributed by atoms with Crippen LogP contribution in [0.25, 0.3) is 0 Å². The van der Waals surface area contributed by atoms with E-state index in [1.165, 1.54) is 59.2 Å². The standard InChI is InChI=1S/C28H38N2O5/c1-4-5-6-7-8-9-10-11-12-13-27(31)30-29-21-22-14-17-24(18-15-22)35-28(32)23-16-19-25(33-2)26(20-23)34-3/h14-21H,4-13H2,1-3H3,(H,30,31). The highest BCUT2D eigenvalue weighted by molar-refractivity contribution is 5.92. The molecule has 2 rings (SSSR count). The lowest BCUT2D eigenvalue weighted by Gasteiger charge is -2.09. The van der Waals surface area contributed by atoms with E-state index < -0.39 is 5.97 Å². The first kappa shape index (κ1) is 27.9. The summed E-state index contributed by atoms with van der Waals surface area (Å²) in [4.78, 5) is 24.4. The molecule has 0 aromatic heterocycles. The predicted octanol–water partition coefficient (Wildman–Crippen LogP) is 6.29. The molecular weight excluding hydrogens is 444 g/mol. The smallest absolute Gasteiger partial charge is 0.343 e. The largest absolute Gasteiger partial charge is 0.493 e. The Balaban J connectivity index is 1.68. The SMILES string of the molecule is CCCCCCCCCCCC(=O)NN=Cc1ccc(OC(=O)c2ccc(OC)c(OC)c2)cc1. The van der Waals surface area contributed by atoms with Crippen LogP contribution in [0.4, 0.5) is 0 Å². The molecule has 0 radical (unpaired) electrons. The number of amides is 1. The fourth-order valence-electron chi connectivity index (χ4n) is 3.58. The monoisotopic (exact) mass is 482 g/mol. The highest BCUT2D eigenvalue weighted by Gasteiger charge is 2.13. The second-order valence-corrected chi connectivity index (χ2v) is 8.40. The van der Waals surface area contributed by atoms with Gasteiger partial charge in [0, 0.05) is 6.42 Å². The van der Waals surface area contributed by atoms with E-state index in [9.17, 15) is 9.59 Å². The second-order valence-electron chi connectivity index (χ2n) is 8.40. The Morgan fingerprint density at radius 3 is 2.09 bits per heavy atom. The Morgan fingerprint density at radius 1 is 0.829 bits per heavy atom. The number of hydrazone groups is 1. The third-order valence-electron chi connectivity index (χ3n) is 5.62. The molecule has 0 saturated carbocycles. The molecule has 0 atom stereocenters. The molecule has 2 aromatic carbocycles. The summed E-state index contributed by atoms with van der Waals surface area (Å²) in [6, 6.07) is 11.7. The topological polar surface area (TPSA) is 86.2 Å². The summed E-state index contributed by atoms with van der Waals surface area (Å²) >= 11 is 0. The molecule has 0 aliphatic heterocycles. The summed E-state index contributed by atoms with van der Waals surface area (Å²) in [5.74, 6) is 0.804. The van der Waals surface area contributed by atoms with Gasteiger partial charge in [-0.1, -0.05) is 58.3 Å². The van der Waals surface area contributed by atoms with Gasteiger partial charge in [0.25, 0.3) is 0 Å². The lowest BCUT2D eigenvalue weighted by atomic mass is 10.1. The molecule has 2 aromatic rings. The summed E-state index contributed by atoms with van der Waals surface area (Å²) in [7, 11) is 3.04. The summed E-state index contributed by atoms with van der Waals surface area (Å²) in [6.45, 7) is 2.23. The first-order chi connectivity index (χ1) is 17.1. The Labute approximate surface area is 208 Å². The van der Waals surface area contributed by atoms with Crippen molar-refractivity contribution in [1.29, 1.82) is 0 Å². The zero-order chi connectivity index (χ0) is 25.3. The van der Waals surface area contributed by atoms with Gasteiger partial charge in [0.05, 0.1) is 26.0 Å². The maximum absolute atomic E-state index is 12.4. The van der Waals surface area contributed by atoms with Gasteiger partial charge in [-0.25, -0.2) is 10.2 Å². The number of nitrogens with one attached hydrogen (secondary N) is 1. The molecule has 0 heterocycles. The number of hydrogen-bond acceptors (Lipinski definition) is 6. The molecule has 7 nitrogen and oxygen atoms in total. The number of ether oxygens (including phenoxy) is 3. The minimum atomic E-state index is -0.504. The maximum atomic E-state index is 12.4. The van der Waals surface area contributed by atoms with Crippen LogP contribution in [-0.4, -0.2) is 32.3 Å². The van der Waals surface area contributed by atoms with Gasteiger partial charge in [-0.05, 0) is 54.4 Å². The van der Waals surface area contributed by atoms with Crippen LogP contribution in [-0.2, 0) is 4.79 Å². The highest BCUT2D eigenvalue weighted by Crippen LogP contribution is 2.28. The normalized spacial score (nSPS) is 10.8. The minimum absolute atomic E-state index is 0.0790. The summed E-state index contributed by atoms with van der Waals surface area (Å²) in [6.07, 6.45) is 13.0. The van der Waals surface area contributed by atoms with Crippen LogP contribution in [0, 0.1) is 0 Å². The van der Waals surface area contributed by atoms with E-state index in [0.29, 0.717) is 29.2 Å². The van der Waals surface area contributed by atoms with Crippen molar-refractivity contribution in [2.24, 2.45) is 5.10 Å². The summed E-state index contributed by atoms with van der Waals surface area (Å²) in [5, 5.41) is 4.01. The summed E-state index contributed by atoms with van der Waals surface area (Å²) < 4.78 is 15.8. The molecule has 1 amide bonds. The van der Waals surface area contributed by atoms with E-state index in [1.807, 2.05) is 0 Å². The van der Waals surface area contributed by atoms with Crippen molar-refractivity contribution >= 4 is 18.1 Å². The van der Waals surface area contributed by atoms with Gasteiger partial charge in [0.15, 0.2) is 11.5 Å². The molecule has 35 heavy (non-hydrogen) atoms. The zero-order valence-corrected chi connectivity index (χ0v) is 21.2. The number of carbonyl (C=O) groups excluding carboxylic acids is 2. The van der Waals surface area contributed by atoms with Gasteiger partial charge < -0.3 is 14.2 Å². The van der Waals surface area contributed by atoms with Crippen LogP contribution >= 0.6 is 0 Å². The lowest BCUT2D eigenvalue weighted by Crippen LogP contribution is -2.16. The number of carbonyl (C=O) groups is 2. The minimum Gasteiger partial charge on any atom is -0.493 e. The third kappa shape index (κ3) is 10.6. The Morgan fingerprint density at radius 2 is 1.46 bits per heavy atom. The van der Waals surface area contributed by atoms with E-state index in [-0.39, 0.29) is 5.91 Å². The van der Waals surface area contributed by atoms with E-state index >= 15 is 0 Å². The first-order valence-corrected chi connectivity index (χ1v) is 12.4. The number of rotatable bonds is 16. The first-order valence-electron chi connectivity index (χ1n) is 12.4. The number of nitrogens with zero attached hydrogens (tertiary/aromatic N) is 1. The number of benzene rings is 2. The molecule has 0 unspecified atom stereocenters. The lowest BCUT2D eigenvalue weighted by molar-refractivity contribution is -0.121. The number of hydrogen-bond donors (Lipinski definition) is 1. The van der Waals surface area contributed by atoms with Crippen molar-refractivity contribution in [3.05, 3.63) is 53.6 Å². The van der Waals surface area contributed by atoms with E-state index in [1.54, 1.807) is 48.7 Å². The fraction of sp³-hybridized carbons (Fsp3) is 0.464. The van der Waals surface area contributed by atoms with Gasteiger partial charge in [-0.15, -0.1) is 0 Å². The number of unbranched alkanes of at least 4 members (excludes halogenated alkanes) is 8. The quantitative estimate of drug-likeness (QED) is 0.0998. The molecule has 0 spiro atoms. The molecule has 190 valence electrons. The molecule has 7 heteroatoms. The van der Waals surface area contributed by atoms with E-state index in [0.717, 1.165) is 18.4 Å². The van der Waals surface area contributed by atoms with E-state index in [4.69, 9.17) is 14.2 Å². The van der Waals surface area contributed by atoms with Crippen LogP contribution in [0.5, 0.6) is 17.2 Å². The van der Waals surface area contributed by atoms with Gasteiger partial charge >= 0.3 is 5.97 Å². The van der Waals surface area contributed by atoms with Crippen molar-refractivity contribution in [1.82, 2.24) is 5.43 Å². The van der Waals surface area contributed by atoms with E-state index in [2.05, 4.69) is 17.5 Å². The predicted molar refractivity (Wildman–Crippen MR) is 139 cm³/mol. The van der Waals surface area contributed by atoms with Crippen LogP contribution in [0.15, 0.2) is 47.6 Å². The second kappa shape index (κ2) is 16.3. The fourth-order valence-corrected chi connectivity index (χ4v) is 3.58. The molecule has 0 aliphatic carbocycles. The van der Waals surface area contributed by atoms with Gasteiger partial charge in [0.2, 0.25) is 5.91 Å². The van der Waals surface area contributed by atoms with Crippen molar-refractivity contribution in [2.45, 2.75) is 71.1 Å². The average molecular weight is 483 g/mol. The Bertz CT molecular complexity index is 941. The Hall–Kier alpha value is -3.35. The van der Waals surface area contributed by atoms with Crippen molar-refractivity contribution in [2.75, 3.05) is 14.2 Å². The zero-order valence-electron chi connectivity index (χ0n) is 21.2. The average Bonchev–Trinajstić information content (AvgIpc) is 2.88. The number of esters is 1. The van der Waals surface area contributed by atoms with Crippen LogP contribution in [0.2, 0.25) is 0 Å².